The van der Waals surface area contributed by atoms with E-state index in [1.165, 1.54) is 9.75 Å². The van der Waals surface area contributed by atoms with Crippen molar-refractivity contribution in [1.29, 1.82) is 0 Å². The van der Waals surface area contributed by atoms with Crippen molar-refractivity contribution in [2.75, 3.05) is 13.1 Å². The van der Waals surface area contributed by atoms with Crippen molar-refractivity contribution in [1.82, 2.24) is 10.2 Å². The molecule has 0 aliphatic carbocycles. The lowest BCUT2D eigenvalue weighted by Gasteiger charge is -2.17. The summed E-state index contributed by atoms with van der Waals surface area (Å²) < 4.78 is 5.44. The summed E-state index contributed by atoms with van der Waals surface area (Å²) in [5.41, 5.74) is 0. The van der Waals surface area contributed by atoms with Crippen LogP contribution in [0.4, 0.5) is 0 Å². The Morgan fingerprint density at radius 3 is 2.67 bits per heavy atom. The van der Waals surface area contributed by atoms with E-state index >= 15 is 0 Å². The van der Waals surface area contributed by atoms with Crippen LogP contribution in [0.15, 0.2) is 34.9 Å². The van der Waals surface area contributed by atoms with Crippen LogP contribution < -0.4 is 5.32 Å². The highest BCUT2D eigenvalue weighted by Crippen LogP contribution is 2.19. The van der Waals surface area contributed by atoms with Crippen LogP contribution in [-0.2, 0) is 19.6 Å². The Bertz CT molecular complexity index is 505. The molecule has 0 amide bonds. The predicted molar refractivity (Wildman–Crippen MR) is 89.4 cm³/mol. The summed E-state index contributed by atoms with van der Waals surface area (Å²) in [5, 5.41) is 3.50. The first-order chi connectivity index (χ1) is 10.2. The third kappa shape index (κ3) is 5.65. The number of thiophene rings is 1. The number of hydrogen-bond acceptors (Lipinski definition) is 4. The van der Waals surface area contributed by atoms with Gasteiger partial charge in [-0.2, -0.15) is 0 Å². The fourth-order valence-corrected chi connectivity index (χ4v) is 3.24. The van der Waals surface area contributed by atoms with Crippen molar-refractivity contribution < 1.29 is 4.42 Å². The molecule has 0 bridgehead atoms. The Morgan fingerprint density at radius 2 is 2.00 bits per heavy atom. The quantitative estimate of drug-likeness (QED) is 0.756. The van der Waals surface area contributed by atoms with Crippen LogP contribution in [-0.4, -0.2) is 18.0 Å². The molecule has 21 heavy (non-hydrogen) atoms. The molecule has 116 valence electrons. The Hall–Kier alpha value is -1.10. The van der Waals surface area contributed by atoms with E-state index in [0.717, 1.165) is 38.5 Å². The minimum Gasteiger partial charge on any atom is -0.468 e. The molecule has 0 aliphatic rings. The minimum atomic E-state index is 0.702. The van der Waals surface area contributed by atoms with Gasteiger partial charge in [0, 0.05) is 22.8 Å². The van der Waals surface area contributed by atoms with Gasteiger partial charge in [0.25, 0.3) is 0 Å². The van der Waals surface area contributed by atoms with Gasteiger partial charge in [-0.15, -0.1) is 11.3 Å². The third-order valence-corrected chi connectivity index (χ3v) is 4.43. The largest absolute Gasteiger partial charge is 0.468 e. The number of rotatable bonds is 9. The summed E-state index contributed by atoms with van der Waals surface area (Å²) in [6, 6.07) is 8.49. The SMILES string of the molecule is CCN(Cc1ccco1)Cc1ccc(CNCC(C)C)s1. The monoisotopic (exact) mass is 306 g/mol. The second-order valence-electron chi connectivity index (χ2n) is 5.78. The summed E-state index contributed by atoms with van der Waals surface area (Å²) in [6.07, 6.45) is 1.74. The number of nitrogens with one attached hydrogen (secondary N) is 1. The van der Waals surface area contributed by atoms with Gasteiger partial charge in [0.15, 0.2) is 0 Å². The van der Waals surface area contributed by atoms with Crippen LogP contribution in [0.25, 0.3) is 0 Å². The van der Waals surface area contributed by atoms with Gasteiger partial charge < -0.3 is 9.73 Å². The van der Waals surface area contributed by atoms with Crippen molar-refractivity contribution in [3.8, 4) is 0 Å². The fraction of sp³-hybridized carbons (Fsp3) is 0.529. The Balaban J connectivity index is 1.82. The van der Waals surface area contributed by atoms with Gasteiger partial charge in [0.2, 0.25) is 0 Å². The summed E-state index contributed by atoms with van der Waals surface area (Å²) in [7, 11) is 0. The lowest BCUT2D eigenvalue weighted by molar-refractivity contribution is 0.250. The standard InChI is InChI=1S/C17H26N2OS/c1-4-19(12-15-6-5-9-20-15)13-17-8-7-16(21-17)11-18-10-14(2)3/h5-9,14,18H,4,10-13H2,1-3H3. The molecule has 0 fully saturated rings. The topological polar surface area (TPSA) is 28.4 Å². The van der Waals surface area contributed by atoms with E-state index in [-0.39, 0.29) is 0 Å². The van der Waals surface area contributed by atoms with Crippen LogP contribution in [0.3, 0.4) is 0 Å². The number of furan rings is 1. The van der Waals surface area contributed by atoms with E-state index in [0.29, 0.717) is 5.92 Å². The molecule has 2 rings (SSSR count). The van der Waals surface area contributed by atoms with Crippen molar-refractivity contribution >= 4 is 11.3 Å². The molecule has 0 unspecified atom stereocenters. The molecule has 2 aromatic heterocycles. The molecular formula is C17H26N2OS. The summed E-state index contributed by atoms with van der Waals surface area (Å²) >= 11 is 1.91. The minimum absolute atomic E-state index is 0.702. The van der Waals surface area contributed by atoms with Gasteiger partial charge in [-0.25, -0.2) is 0 Å². The van der Waals surface area contributed by atoms with Crippen LogP contribution >= 0.6 is 11.3 Å². The summed E-state index contributed by atoms with van der Waals surface area (Å²) in [6.45, 7) is 11.6. The highest BCUT2D eigenvalue weighted by molar-refractivity contribution is 7.11. The van der Waals surface area contributed by atoms with Gasteiger partial charge in [-0.3, -0.25) is 4.90 Å². The van der Waals surface area contributed by atoms with E-state index in [2.05, 4.69) is 43.1 Å². The van der Waals surface area contributed by atoms with Gasteiger partial charge >= 0.3 is 0 Å². The highest BCUT2D eigenvalue weighted by atomic mass is 32.1. The first-order valence-electron chi connectivity index (χ1n) is 7.70. The van der Waals surface area contributed by atoms with Crippen molar-refractivity contribution in [2.24, 2.45) is 5.92 Å². The molecule has 2 aromatic rings. The molecule has 3 nitrogen and oxygen atoms in total. The lowest BCUT2D eigenvalue weighted by atomic mass is 10.2. The van der Waals surface area contributed by atoms with Gasteiger partial charge in [0.05, 0.1) is 12.8 Å². The highest BCUT2D eigenvalue weighted by Gasteiger charge is 2.08. The Labute approximate surface area is 132 Å². The van der Waals surface area contributed by atoms with Crippen molar-refractivity contribution in [2.45, 2.75) is 40.4 Å². The van der Waals surface area contributed by atoms with Crippen LogP contribution in [0.5, 0.6) is 0 Å². The zero-order valence-electron chi connectivity index (χ0n) is 13.3. The summed E-state index contributed by atoms with van der Waals surface area (Å²) in [4.78, 5) is 5.24. The van der Waals surface area contributed by atoms with E-state index in [4.69, 9.17) is 4.42 Å². The predicted octanol–water partition coefficient (Wildman–Crippen LogP) is 4.11. The van der Waals surface area contributed by atoms with E-state index in [1.54, 1.807) is 6.26 Å². The molecule has 2 heterocycles. The molecule has 0 radical (unpaired) electrons. The Morgan fingerprint density at radius 1 is 1.19 bits per heavy atom. The van der Waals surface area contributed by atoms with Gasteiger partial charge in [-0.1, -0.05) is 20.8 Å². The average Bonchev–Trinajstić information content (AvgIpc) is 3.09. The molecule has 0 atom stereocenters. The van der Waals surface area contributed by atoms with Crippen LogP contribution in [0, 0.1) is 5.92 Å². The second kappa shape index (κ2) is 8.37. The molecule has 4 heteroatoms. The first-order valence-corrected chi connectivity index (χ1v) is 8.52. The molecule has 0 saturated carbocycles. The molecular weight excluding hydrogens is 280 g/mol. The smallest absolute Gasteiger partial charge is 0.117 e. The average molecular weight is 306 g/mol. The van der Waals surface area contributed by atoms with E-state index in [9.17, 15) is 0 Å². The maximum Gasteiger partial charge on any atom is 0.117 e. The van der Waals surface area contributed by atoms with Crippen molar-refractivity contribution in [3.05, 3.63) is 46.0 Å². The molecule has 0 aliphatic heterocycles. The van der Waals surface area contributed by atoms with Crippen LogP contribution in [0.2, 0.25) is 0 Å². The molecule has 0 saturated heterocycles. The number of hydrogen-bond donors (Lipinski definition) is 1. The van der Waals surface area contributed by atoms with Crippen molar-refractivity contribution in [3.63, 3.8) is 0 Å². The fourth-order valence-electron chi connectivity index (χ4n) is 2.21. The Kier molecular flexibility index (Phi) is 6.49. The van der Waals surface area contributed by atoms with E-state index < -0.39 is 0 Å². The van der Waals surface area contributed by atoms with Crippen LogP contribution in [0.1, 0.15) is 36.3 Å². The normalized spacial score (nSPS) is 11.7. The maximum atomic E-state index is 5.44. The maximum absolute atomic E-state index is 5.44. The second-order valence-corrected chi connectivity index (χ2v) is 7.03. The van der Waals surface area contributed by atoms with E-state index in [1.807, 2.05) is 23.5 Å². The number of nitrogens with zero attached hydrogens (tertiary/aromatic N) is 1. The third-order valence-electron chi connectivity index (χ3n) is 3.36. The van der Waals surface area contributed by atoms with Gasteiger partial charge in [0.1, 0.15) is 5.76 Å². The van der Waals surface area contributed by atoms with Gasteiger partial charge in [-0.05, 0) is 43.3 Å². The zero-order chi connectivity index (χ0) is 15.1. The zero-order valence-corrected chi connectivity index (χ0v) is 14.1. The first kappa shape index (κ1) is 16.3. The lowest BCUT2D eigenvalue weighted by Crippen LogP contribution is -2.21. The molecule has 1 N–H and O–H groups in total. The molecule has 0 spiro atoms. The molecule has 0 aromatic carbocycles. The summed E-state index contributed by atoms with van der Waals surface area (Å²) in [5.74, 6) is 1.74.